The number of nitrogens with zero attached hydrogens (tertiary/aromatic N) is 4. The Hall–Kier alpha value is -2.96. The fourth-order valence-corrected chi connectivity index (χ4v) is 2.06. The molecule has 2 heterocycles. The highest BCUT2D eigenvalue weighted by atomic mass is 16.4. The maximum Gasteiger partial charge on any atom is 0.335 e. The predicted molar refractivity (Wildman–Crippen MR) is 77.7 cm³/mol. The van der Waals surface area contributed by atoms with Gasteiger partial charge >= 0.3 is 5.97 Å². The second kappa shape index (κ2) is 5.20. The third-order valence-corrected chi connectivity index (χ3v) is 3.13. The summed E-state index contributed by atoms with van der Waals surface area (Å²) in [6, 6.07) is 6.47. The monoisotopic (exact) mass is 283 g/mol. The van der Waals surface area contributed by atoms with Crippen LogP contribution in [0.1, 0.15) is 17.3 Å². The van der Waals surface area contributed by atoms with E-state index in [1.165, 1.54) is 6.33 Å². The van der Waals surface area contributed by atoms with Gasteiger partial charge in [-0.2, -0.15) is 5.10 Å². The van der Waals surface area contributed by atoms with E-state index in [0.29, 0.717) is 5.82 Å². The van der Waals surface area contributed by atoms with Crippen LogP contribution in [0.4, 0.5) is 11.5 Å². The number of nitrogens with one attached hydrogen (secondary N) is 1. The maximum atomic E-state index is 10.8. The molecule has 106 valence electrons. The van der Waals surface area contributed by atoms with Gasteiger partial charge in [-0.25, -0.2) is 19.4 Å². The number of carboxylic acid groups (broad SMARTS) is 1. The number of anilines is 2. The lowest BCUT2D eigenvalue weighted by molar-refractivity contribution is 0.0697. The molecular formula is C14H13N5O2. The van der Waals surface area contributed by atoms with E-state index in [1.54, 1.807) is 35.1 Å². The Labute approximate surface area is 120 Å². The van der Waals surface area contributed by atoms with Gasteiger partial charge in [0, 0.05) is 12.2 Å². The molecule has 0 amide bonds. The standard InChI is InChI=1S/C14H13N5O2/c1-2-19-13-11(7-17-19)12(15-8-16-13)18-10-5-3-9(4-6-10)14(20)21/h3-8H,2H2,1H3,(H,20,21)(H,15,16,18). The molecule has 0 saturated carbocycles. The lowest BCUT2D eigenvalue weighted by Crippen LogP contribution is -2.00. The minimum absolute atomic E-state index is 0.243. The molecule has 21 heavy (non-hydrogen) atoms. The van der Waals surface area contributed by atoms with Crippen molar-refractivity contribution in [1.82, 2.24) is 19.7 Å². The fourth-order valence-electron chi connectivity index (χ4n) is 2.06. The molecule has 0 bridgehead atoms. The number of hydrogen-bond donors (Lipinski definition) is 2. The number of hydrogen-bond acceptors (Lipinski definition) is 5. The second-order valence-electron chi connectivity index (χ2n) is 4.43. The number of fused-ring (bicyclic) bond motifs is 1. The van der Waals surface area contributed by atoms with Gasteiger partial charge in [0.2, 0.25) is 0 Å². The van der Waals surface area contributed by atoms with Gasteiger partial charge in [0.1, 0.15) is 12.1 Å². The topological polar surface area (TPSA) is 92.9 Å². The lowest BCUT2D eigenvalue weighted by Gasteiger charge is -2.06. The maximum absolute atomic E-state index is 10.8. The molecule has 0 saturated heterocycles. The molecule has 0 unspecified atom stereocenters. The molecule has 3 aromatic rings. The number of aryl methyl sites for hydroxylation is 1. The Morgan fingerprint density at radius 3 is 2.71 bits per heavy atom. The van der Waals surface area contributed by atoms with Crippen LogP contribution in [0.15, 0.2) is 36.8 Å². The van der Waals surface area contributed by atoms with E-state index in [4.69, 9.17) is 5.11 Å². The van der Waals surface area contributed by atoms with Gasteiger partial charge in [-0.15, -0.1) is 0 Å². The predicted octanol–water partition coefficient (Wildman–Crippen LogP) is 2.29. The van der Waals surface area contributed by atoms with E-state index in [1.807, 2.05) is 6.92 Å². The molecular weight excluding hydrogens is 270 g/mol. The van der Waals surface area contributed by atoms with Crippen LogP contribution in [0, 0.1) is 0 Å². The molecule has 0 aliphatic heterocycles. The summed E-state index contributed by atoms with van der Waals surface area (Å²) in [5.74, 6) is -0.307. The molecule has 2 aromatic heterocycles. The van der Waals surface area contributed by atoms with Gasteiger partial charge < -0.3 is 10.4 Å². The van der Waals surface area contributed by atoms with Crippen LogP contribution < -0.4 is 5.32 Å². The van der Waals surface area contributed by atoms with Crippen molar-refractivity contribution in [2.45, 2.75) is 13.5 Å². The quantitative estimate of drug-likeness (QED) is 0.763. The zero-order chi connectivity index (χ0) is 14.8. The summed E-state index contributed by atoms with van der Waals surface area (Å²) >= 11 is 0. The smallest absolute Gasteiger partial charge is 0.335 e. The first-order valence-corrected chi connectivity index (χ1v) is 6.46. The molecule has 7 heteroatoms. The highest BCUT2D eigenvalue weighted by molar-refractivity contribution is 5.90. The van der Waals surface area contributed by atoms with E-state index in [2.05, 4.69) is 20.4 Å². The van der Waals surface area contributed by atoms with Crippen molar-refractivity contribution < 1.29 is 9.90 Å². The zero-order valence-electron chi connectivity index (χ0n) is 11.3. The molecule has 1 aromatic carbocycles. The number of aromatic nitrogens is 4. The third-order valence-electron chi connectivity index (χ3n) is 3.13. The Balaban J connectivity index is 1.94. The minimum Gasteiger partial charge on any atom is -0.478 e. The summed E-state index contributed by atoms with van der Waals surface area (Å²) in [4.78, 5) is 19.3. The molecule has 0 fully saturated rings. The normalized spacial score (nSPS) is 10.7. The first kappa shape index (κ1) is 13.0. The summed E-state index contributed by atoms with van der Waals surface area (Å²) < 4.78 is 1.79. The minimum atomic E-state index is -0.949. The Kier molecular flexibility index (Phi) is 3.23. The van der Waals surface area contributed by atoms with E-state index in [9.17, 15) is 4.79 Å². The van der Waals surface area contributed by atoms with Crippen LogP contribution in [0.2, 0.25) is 0 Å². The zero-order valence-corrected chi connectivity index (χ0v) is 11.3. The SMILES string of the molecule is CCn1ncc2c(Nc3ccc(C(=O)O)cc3)ncnc21. The van der Waals surface area contributed by atoms with Gasteiger partial charge in [-0.3, -0.25) is 0 Å². The largest absolute Gasteiger partial charge is 0.478 e. The summed E-state index contributed by atoms with van der Waals surface area (Å²) in [5.41, 5.74) is 1.76. The molecule has 3 rings (SSSR count). The van der Waals surface area contributed by atoms with Crippen molar-refractivity contribution in [3.63, 3.8) is 0 Å². The summed E-state index contributed by atoms with van der Waals surface area (Å²) in [6.45, 7) is 2.72. The number of aromatic carboxylic acids is 1. The van der Waals surface area contributed by atoms with E-state index < -0.39 is 5.97 Å². The molecule has 2 N–H and O–H groups in total. The van der Waals surface area contributed by atoms with Crippen molar-refractivity contribution >= 4 is 28.5 Å². The fraction of sp³-hybridized carbons (Fsp3) is 0.143. The van der Waals surface area contributed by atoms with Crippen LogP contribution in [0.3, 0.4) is 0 Å². The molecule has 0 radical (unpaired) electrons. The number of carboxylic acids is 1. The molecule has 0 spiro atoms. The van der Waals surface area contributed by atoms with Crippen LogP contribution in [0.5, 0.6) is 0 Å². The van der Waals surface area contributed by atoms with Crippen LogP contribution >= 0.6 is 0 Å². The highest BCUT2D eigenvalue weighted by Crippen LogP contribution is 2.22. The van der Waals surface area contributed by atoms with E-state index >= 15 is 0 Å². The average Bonchev–Trinajstić information content (AvgIpc) is 2.92. The molecule has 0 aliphatic carbocycles. The van der Waals surface area contributed by atoms with Gasteiger partial charge in [0.25, 0.3) is 0 Å². The van der Waals surface area contributed by atoms with E-state index in [-0.39, 0.29) is 5.56 Å². The van der Waals surface area contributed by atoms with E-state index in [0.717, 1.165) is 23.3 Å². The van der Waals surface area contributed by atoms with Crippen LogP contribution in [-0.4, -0.2) is 30.8 Å². The van der Waals surface area contributed by atoms with Gasteiger partial charge in [0.15, 0.2) is 5.65 Å². The Bertz CT molecular complexity index is 795. The molecule has 7 nitrogen and oxygen atoms in total. The third kappa shape index (κ3) is 2.40. The first-order chi connectivity index (χ1) is 10.2. The molecule has 0 atom stereocenters. The second-order valence-corrected chi connectivity index (χ2v) is 4.43. The van der Waals surface area contributed by atoms with Crippen molar-refractivity contribution in [3.8, 4) is 0 Å². The number of carbonyl (C=O) groups is 1. The van der Waals surface area contributed by atoms with Crippen molar-refractivity contribution in [2.75, 3.05) is 5.32 Å². The van der Waals surface area contributed by atoms with Crippen molar-refractivity contribution in [1.29, 1.82) is 0 Å². The lowest BCUT2D eigenvalue weighted by atomic mass is 10.2. The van der Waals surface area contributed by atoms with Gasteiger partial charge in [0.05, 0.1) is 17.1 Å². The Morgan fingerprint density at radius 1 is 1.29 bits per heavy atom. The van der Waals surface area contributed by atoms with Crippen molar-refractivity contribution in [2.24, 2.45) is 0 Å². The summed E-state index contributed by atoms with van der Waals surface area (Å²) in [7, 11) is 0. The average molecular weight is 283 g/mol. The number of rotatable bonds is 4. The van der Waals surface area contributed by atoms with Crippen molar-refractivity contribution in [3.05, 3.63) is 42.4 Å². The first-order valence-electron chi connectivity index (χ1n) is 6.46. The Morgan fingerprint density at radius 2 is 2.05 bits per heavy atom. The van der Waals surface area contributed by atoms with Crippen LogP contribution in [0.25, 0.3) is 11.0 Å². The van der Waals surface area contributed by atoms with Gasteiger partial charge in [-0.1, -0.05) is 0 Å². The highest BCUT2D eigenvalue weighted by Gasteiger charge is 2.09. The molecule has 0 aliphatic rings. The number of benzene rings is 1. The summed E-state index contributed by atoms with van der Waals surface area (Å²) in [6.07, 6.45) is 3.19. The summed E-state index contributed by atoms with van der Waals surface area (Å²) in [5, 5.41) is 17.1. The van der Waals surface area contributed by atoms with Gasteiger partial charge in [-0.05, 0) is 31.2 Å². The van der Waals surface area contributed by atoms with Crippen LogP contribution in [-0.2, 0) is 6.54 Å².